The minimum Gasteiger partial charge on any atom is -0.352 e. The number of carbonyl (C=O) groups excluding carboxylic acids is 1. The minimum absolute atomic E-state index is 0.0938. The molecule has 1 saturated heterocycles. The van der Waals surface area contributed by atoms with Crippen molar-refractivity contribution < 1.29 is 4.79 Å². The third-order valence-electron chi connectivity index (χ3n) is 3.70. The molecular weight excluding hydrogens is 254 g/mol. The molecule has 20 heavy (non-hydrogen) atoms. The molecule has 0 aromatic carbocycles. The smallest absolute Gasteiger partial charge is 0.256 e. The standard InChI is InChI=1S/C14H19N5O/c1-10-4-6-19-13(18-10)12(9-17-19)14(20)16-8-11-3-2-5-15-7-11/h4,6,9,11,15H,2-3,5,7-8H2,1H3,(H,16,20). The zero-order chi connectivity index (χ0) is 13.9. The van der Waals surface area contributed by atoms with Crippen molar-refractivity contribution in [3.63, 3.8) is 0 Å². The van der Waals surface area contributed by atoms with E-state index in [1.54, 1.807) is 10.7 Å². The molecule has 6 heteroatoms. The van der Waals surface area contributed by atoms with E-state index in [0.717, 1.165) is 18.8 Å². The summed E-state index contributed by atoms with van der Waals surface area (Å²) < 4.78 is 1.63. The molecule has 3 rings (SSSR count). The van der Waals surface area contributed by atoms with Crippen LogP contribution in [-0.4, -0.2) is 40.1 Å². The van der Waals surface area contributed by atoms with Crippen LogP contribution in [-0.2, 0) is 0 Å². The quantitative estimate of drug-likeness (QED) is 0.866. The van der Waals surface area contributed by atoms with Gasteiger partial charge in [0.1, 0.15) is 5.56 Å². The van der Waals surface area contributed by atoms with Gasteiger partial charge < -0.3 is 10.6 Å². The number of piperidine rings is 1. The van der Waals surface area contributed by atoms with Crippen LogP contribution < -0.4 is 10.6 Å². The van der Waals surface area contributed by atoms with Crippen LogP contribution in [0.15, 0.2) is 18.5 Å². The van der Waals surface area contributed by atoms with Crippen molar-refractivity contribution in [1.82, 2.24) is 25.2 Å². The highest BCUT2D eigenvalue weighted by atomic mass is 16.1. The molecule has 1 aliphatic rings. The monoisotopic (exact) mass is 273 g/mol. The number of fused-ring (bicyclic) bond motifs is 1. The Bertz CT molecular complexity index is 615. The summed E-state index contributed by atoms with van der Waals surface area (Å²) in [5.41, 5.74) is 2.03. The minimum atomic E-state index is -0.0938. The topological polar surface area (TPSA) is 71.3 Å². The lowest BCUT2D eigenvalue weighted by Gasteiger charge is -2.22. The summed E-state index contributed by atoms with van der Waals surface area (Å²) in [4.78, 5) is 16.6. The summed E-state index contributed by atoms with van der Waals surface area (Å²) in [7, 11) is 0. The van der Waals surface area contributed by atoms with Crippen molar-refractivity contribution in [2.45, 2.75) is 19.8 Å². The molecule has 2 N–H and O–H groups in total. The first kappa shape index (κ1) is 13.1. The van der Waals surface area contributed by atoms with Crippen LogP contribution in [0.2, 0.25) is 0 Å². The summed E-state index contributed by atoms with van der Waals surface area (Å²) in [5.74, 6) is 0.424. The zero-order valence-corrected chi connectivity index (χ0v) is 11.6. The highest BCUT2D eigenvalue weighted by Crippen LogP contribution is 2.11. The predicted molar refractivity (Wildman–Crippen MR) is 75.7 cm³/mol. The Hall–Kier alpha value is -1.95. The van der Waals surface area contributed by atoms with Gasteiger partial charge in [-0.25, -0.2) is 9.50 Å². The van der Waals surface area contributed by atoms with Crippen molar-refractivity contribution in [3.05, 3.63) is 29.7 Å². The molecule has 1 fully saturated rings. The first-order valence-corrected chi connectivity index (χ1v) is 7.04. The molecule has 1 amide bonds. The van der Waals surface area contributed by atoms with Gasteiger partial charge in [0.2, 0.25) is 0 Å². The van der Waals surface area contributed by atoms with Crippen LogP contribution >= 0.6 is 0 Å². The maximum atomic E-state index is 12.2. The average Bonchev–Trinajstić information content (AvgIpc) is 2.89. The Morgan fingerprint density at radius 3 is 3.30 bits per heavy atom. The summed E-state index contributed by atoms with van der Waals surface area (Å²) in [6.07, 6.45) is 5.74. The van der Waals surface area contributed by atoms with Gasteiger partial charge in [0, 0.05) is 18.4 Å². The molecule has 3 heterocycles. The van der Waals surface area contributed by atoms with Crippen molar-refractivity contribution in [3.8, 4) is 0 Å². The fourth-order valence-corrected chi connectivity index (χ4v) is 2.55. The van der Waals surface area contributed by atoms with E-state index in [1.807, 2.05) is 19.2 Å². The van der Waals surface area contributed by atoms with Crippen LogP contribution in [0, 0.1) is 12.8 Å². The highest BCUT2D eigenvalue weighted by Gasteiger charge is 2.17. The molecule has 106 valence electrons. The van der Waals surface area contributed by atoms with E-state index in [4.69, 9.17) is 0 Å². The SMILES string of the molecule is Cc1ccn2ncc(C(=O)NCC3CCCNC3)c2n1. The number of aromatic nitrogens is 3. The molecule has 0 spiro atoms. The molecule has 1 atom stereocenters. The van der Waals surface area contributed by atoms with Crippen LogP contribution in [0.5, 0.6) is 0 Å². The molecule has 0 saturated carbocycles. The maximum absolute atomic E-state index is 12.2. The summed E-state index contributed by atoms with van der Waals surface area (Å²) in [6.45, 7) is 4.67. The van der Waals surface area contributed by atoms with Crippen LogP contribution in [0.25, 0.3) is 5.65 Å². The summed E-state index contributed by atoms with van der Waals surface area (Å²) in [6, 6.07) is 1.87. The largest absolute Gasteiger partial charge is 0.352 e. The Labute approximate surface area is 117 Å². The van der Waals surface area contributed by atoms with Crippen LogP contribution in [0.4, 0.5) is 0 Å². The van der Waals surface area contributed by atoms with Gasteiger partial charge in [-0.1, -0.05) is 0 Å². The van der Waals surface area contributed by atoms with E-state index in [0.29, 0.717) is 23.7 Å². The second-order valence-electron chi connectivity index (χ2n) is 5.32. The maximum Gasteiger partial charge on any atom is 0.256 e. The van der Waals surface area contributed by atoms with E-state index in [-0.39, 0.29) is 5.91 Å². The number of hydrogen-bond acceptors (Lipinski definition) is 4. The molecule has 0 radical (unpaired) electrons. The summed E-state index contributed by atoms with van der Waals surface area (Å²) >= 11 is 0. The van der Waals surface area contributed by atoms with Crippen molar-refractivity contribution in [2.24, 2.45) is 5.92 Å². The second kappa shape index (κ2) is 5.58. The zero-order valence-electron chi connectivity index (χ0n) is 11.6. The molecule has 0 aliphatic carbocycles. The fraction of sp³-hybridized carbons (Fsp3) is 0.500. The van der Waals surface area contributed by atoms with Gasteiger partial charge in [0.15, 0.2) is 5.65 Å². The van der Waals surface area contributed by atoms with Crippen LogP contribution in [0.3, 0.4) is 0 Å². The number of amides is 1. The average molecular weight is 273 g/mol. The van der Waals surface area contributed by atoms with E-state index in [1.165, 1.54) is 12.8 Å². The Balaban J connectivity index is 1.70. The first-order chi connectivity index (χ1) is 9.74. The third-order valence-corrected chi connectivity index (χ3v) is 3.70. The van der Waals surface area contributed by atoms with Gasteiger partial charge in [-0.05, 0) is 44.8 Å². The Morgan fingerprint density at radius 2 is 2.50 bits per heavy atom. The first-order valence-electron chi connectivity index (χ1n) is 7.04. The second-order valence-corrected chi connectivity index (χ2v) is 5.32. The lowest BCUT2D eigenvalue weighted by Crippen LogP contribution is -2.38. The number of rotatable bonds is 3. The molecule has 0 bridgehead atoms. The van der Waals surface area contributed by atoms with Crippen molar-refractivity contribution >= 4 is 11.6 Å². The van der Waals surface area contributed by atoms with E-state index < -0.39 is 0 Å². The normalized spacial score (nSPS) is 19.1. The van der Waals surface area contributed by atoms with Gasteiger partial charge in [-0.2, -0.15) is 5.10 Å². The summed E-state index contributed by atoms with van der Waals surface area (Å²) in [5, 5.41) is 10.5. The molecule has 1 unspecified atom stereocenters. The molecule has 1 aliphatic heterocycles. The van der Waals surface area contributed by atoms with E-state index >= 15 is 0 Å². The number of carbonyl (C=O) groups is 1. The lowest BCUT2D eigenvalue weighted by atomic mass is 10.00. The van der Waals surface area contributed by atoms with Crippen molar-refractivity contribution in [2.75, 3.05) is 19.6 Å². The predicted octanol–water partition coefficient (Wildman–Crippen LogP) is 0.767. The third kappa shape index (κ3) is 2.65. The van der Waals surface area contributed by atoms with Crippen LogP contribution in [0.1, 0.15) is 28.9 Å². The van der Waals surface area contributed by atoms with Gasteiger partial charge >= 0.3 is 0 Å². The van der Waals surface area contributed by atoms with Gasteiger partial charge in [0.05, 0.1) is 6.20 Å². The molecular formula is C14H19N5O. The van der Waals surface area contributed by atoms with Gasteiger partial charge in [0.25, 0.3) is 5.91 Å². The Morgan fingerprint density at radius 1 is 1.60 bits per heavy atom. The van der Waals surface area contributed by atoms with Crippen molar-refractivity contribution in [1.29, 1.82) is 0 Å². The van der Waals surface area contributed by atoms with Gasteiger partial charge in [-0.3, -0.25) is 4.79 Å². The molecule has 6 nitrogen and oxygen atoms in total. The van der Waals surface area contributed by atoms with Gasteiger partial charge in [-0.15, -0.1) is 0 Å². The number of nitrogens with one attached hydrogen (secondary N) is 2. The number of nitrogens with zero attached hydrogens (tertiary/aromatic N) is 3. The number of aryl methyl sites for hydroxylation is 1. The number of hydrogen-bond donors (Lipinski definition) is 2. The molecule has 2 aromatic rings. The van der Waals surface area contributed by atoms with E-state index in [2.05, 4.69) is 20.7 Å². The highest BCUT2D eigenvalue weighted by molar-refractivity contribution is 5.99. The fourth-order valence-electron chi connectivity index (χ4n) is 2.55. The van der Waals surface area contributed by atoms with E-state index in [9.17, 15) is 4.79 Å². The lowest BCUT2D eigenvalue weighted by molar-refractivity contribution is 0.0946. The Kier molecular flexibility index (Phi) is 3.64. The molecule has 2 aromatic heterocycles.